The Labute approximate surface area is 97.4 Å². The molecule has 0 aliphatic rings. The van der Waals surface area contributed by atoms with Gasteiger partial charge in [0, 0.05) is 12.2 Å². The highest BCUT2D eigenvalue weighted by Gasteiger charge is 2.04. The zero-order chi connectivity index (χ0) is 13.3. The largest absolute Gasteiger partial charge is 0.478 e. The van der Waals surface area contributed by atoms with Gasteiger partial charge in [-0.25, -0.2) is 9.59 Å². The molecule has 0 saturated carbocycles. The Balaban J connectivity index is 3.64. The number of aliphatic carboxylic acids is 1. The van der Waals surface area contributed by atoms with Crippen molar-refractivity contribution in [2.75, 3.05) is 13.2 Å². The summed E-state index contributed by atoms with van der Waals surface area (Å²) >= 11 is 0. The number of carbonyl (C=O) groups excluding carboxylic acids is 3. The number of carboxylic acids is 1. The normalized spacial score (nSPS) is 9.94. The summed E-state index contributed by atoms with van der Waals surface area (Å²) in [6, 6.07) is 0. The maximum absolute atomic E-state index is 10.9. The Morgan fingerprint density at radius 3 is 2.41 bits per heavy atom. The maximum Gasteiger partial charge on any atom is 0.331 e. The van der Waals surface area contributed by atoms with Gasteiger partial charge in [0.15, 0.2) is 0 Å². The second-order valence-electron chi connectivity index (χ2n) is 3.07. The number of nitrogens with one attached hydrogen (secondary N) is 1. The number of carbonyl (C=O) groups is 4. The van der Waals surface area contributed by atoms with E-state index < -0.39 is 17.8 Å². The number of hydrogen-bond donors (Lipinski definition) is 2. The molecule has 2 N–H and O–H groups in total. The van der Waals surface area contributed by atoms with Crippen molar-refractivity contribution < 1.29 is 29.0 Å². The molecule has 0 saturated heterocycles. The van der Waals surface area contributed by atoms with Gasteiger partial charge in [-0.1, -0.05) is 0 Å². The van der Waals surface area contributed by atoms with Crippen LogP contribution in [0.25, 0.3) is 0 Å². The van der Waals surface area contributed by atoms with Crippen LogP contribution >= 0.6 is 0 Å². The molecular weight excluding hydrogens is 230 g/mol. The molecule has 7 heteroatoms. The standard InChI is InChI=1S/C10H13NO6/c1-7(12)6-8(13)11-4-5-17-10(16)3-2-9(14)15/h2-3H,4-6H2,1H3,(H,11,13)(H,14,15)/b3-2-. The van der Waals surface area contributed by atoms with Crippen molar-refractivity contribution in [1.82, 2.24) is 5.32 Å². The molecule has 0 aromatic carbocycles. The SMILES string of the molecule is CC(=O)CC(=O)NCCOC(=O)/C=C\C(=O)O. The minimum absolute atomic E-state index is 0.0682. The molecule has 0 aliphatic heterocycles. The van der Waals surface area contributed by atoms with E-state index >= 15 is 0 Å². The molecule has 0 unspecified atom stereocenters. The van der Waals surface area contributed by atoms with Crippen molar-refractivity contribution in [2.24, 2.45) is 0 Å². The lowest BCUT2D eigenvalue weighted by molar-refractivity contribution is -0.139. The number of rotatable bonds is 7. The number of carboxylic acid groups (broad SMARTS) is 1. The molecule has 94 valence electrons. The van der Waals surface area contributed by atoms with E-state index in [4.69, 9.17) is 5.11 Å². The third kappa shape index (κ3) is 10.1. The van der Waals surface area contributed by atoms with Crippen molar-refractivity contribution in [3.05, 3.63) is 12.2 Å². The lowest BCUT2D eigenvalue weighted by atomic mass is 10.3. The molecule has 0 spiro atoms. The van der Waals surface area contributed by atoms with E-state index in [-0.39, 0.29) is 25.4 Å². The topological polar surface area (TPSA) is 110 Å². The van der Waals surface area contributed by atoms with Gasteiger partial charge < -0.3 is 15.2 Å². The second-order valence-corrected chi connectivity index (χ2v) is 3.07. The highest BCUT2D eigenvalue weighted by molar-refractivity contribution is 5.96. The monoisotopic (exact) mass is 243 g/mol. The average Bonchev–Trinajstić information content (AvgIpc) is 2.20. The van der Waals surface area contributed by atoms with Crippen LogP contribution in [-0.4, -0.2) is 41.9 Å². The fourth-order valence-electron chi connectivity index (χ4n) is 0.818. The van der Waals surface area contributed by atoms with Gasteiger partial charge >= 0.3 is 11.9 Å². The lowest BCUT2D eigenvalue weighted by Crippen LogP contribution is -2.29. The Morgan fingerprint density at radius 1 is 1.24 bits per heavy atom. The first-order valence-electron chi connectivity index (χ1n) is 4.75. The first-order chi connectivity index (χ1) is 7.91. The minimum atomic E-state index is -1.25. The van der Waals surface area contributed by atoms with E-state index in [9.17, 15) is 19.2 Å². The summed E-state index contributed by atoms with van der Waals surface area (Å²) in [5, 5.41) is 10.6. The quantitative estimate of drug-likeness (QED) is 0.264. The highest BCUT2D eigenvalue weighted by atomic mass is 16.5. The van der Waals surface area contributed by atoms with Crippen molar-refractivity contribution >= 4 is 23.6 Å². The molecule has 0 atom stereocenters. The Kier molecular flexibility index (Phi) is 7.00. The summed E-state index contributed by atoms with van der Waals surface area (Å²) in [6.45, 7) is 1.27. The van der Waals surface area contributed by atoms with E-state index in [2.05, 4.69) is 10.1 Å². The van der Waals surface area contributed by atoms with Crippen LogP contribution in [0.2, 0.25) is 0 Å². The smallest absolute Gasteiger partial charge is 0.331 e. The molecule has 0 fully saturated rings. The van der Waals surface area contributed by atoms with Crippen molar-refractivity contribution in [1.29, 1.82) is 0 Å². The van der Waals surface area contributed by atoms with E-state index in [1.807, 2.05) is 0 Å². The summed E-state index contributed by atoms with van der Waals surface area (Å²) < 4.78 is 4.56. The van der Waals surface area contributed by atoms with Gasteiger partial charge in [-0.3, -0.25) is 9.59 Å². The molecule has 1 amide bonds. The molecule has 17 heavy (non-hydrogen) atoms. The molecule has 0 heterocycles. The van der Waals surface area contributed by atoms with E-state index in [0.29, 0.717) is 6.08 Å². The maximum atomic E-state index is 10.9. The van der Waals surface area contributed by atoms with E-state index in [1.54, 1.807) is 0 Å². The summed E-state index contributed by atoms with van der Waals surface area (Å²) in [5.41, 5.74) is 0. The number of ether oxygens (including phenoxy) is 1. The van der Waals surface area contributed by atoms with Crippen LogP contribution in [0.15, 0.2) is 12.2 Å². The van der Waals surface area contributed by atoms with Gasteiger partial charge in [0.1, 0.15) is 12.4 Å². The molecule has 7 nitrogen and oxygen atoms in total. The Bertz CT molecular complexity index is 347. The van der Waals surface area contributed by atoms with Crippen LogP contribution in [0.4, 0.5) is 0 Å². The average molecular weight is 243 g/mol. The zero-order valence-electron chi connectivity index (χ0n) is 9.26. The second kappa shape index (κ2) is 8.03. The molecule has 0 rings (SSSR count). The van der Waals surface area contributed by atoms with E-state index in [0.717, 1.165) is 6.08 Å². The third-order valence-corrected chi connectivity index (χ3v) is 1.44. The molecule has 0 aromatic heterocycles. The van der Waals surface area contributed by atoms with Crippen LogP contribution in [0, 0.1) is 0 Å². The van der Waals surface area contributed by atoms with Crippen LogP contribution in [0.1, 0.15) is 13.3 Å². The first kappa shape index (κ1) is 14.8. The van der Waals surface area contributed by atoms with Gasteiger partial charge in [-0.05, 0) is 6.92 Å². The van der Waals surface area contributed by atoms with Crippen molar-refractivity contribution in [3.8, 4) is 0 Å². The van der Waals surface area contributed by atoms with Gasteiger partial charge in [0.05, 0.1) is 13.0 Å². The lowest BCUT2D eigenvalue weighted by Gasteiger charge is -2.03. The number of ketones is 1. The van der Waals surface area contributed by atoms with Gasteiger partial charge in [0.2, 0.25) is 5.91 Å². The molecule has 0 radical (unpaired) electrons. The zero-order valence-corrected chi connectivity index (χ0v) is 9.26. The highest BCUT2D eigenvalue weighted by Crippen LogP contribution is 1.84. The fraction of sp³-hybridized carbons (Fsp3) is 0.400. The predicted molar refractivity (Wildman–Crippen MR) is 56.0 cm³/mol. The Morgan fingerprint density at radius 2 is 1.88 bits per heavy atom. The van der Waals surface area contributed by atoms with Crippen LogP contribution in [0.5, 0.6) is 0 Å². The Hall–Kier alpha value is -2.18. The first-order valence-corrected chi connectivity index (χ1v) is 4.75. The van der Waals surface area contributed by atoms with Crippen molar-refractivity contribution in [2.45, 2.75) is 13.3 Å². The summed E-state index contributed by atoms with van der Waals surface area (Å²) in [5.74, 6) is -2.77. The summed E-state index contributed by atoms with van der Waals surface area (Å²) in [4.78, 5) is 42.4. The van der Waals surface area contributed by atoms with Gasteiger partial charge in [-0.15, -0.1) is 0 Å². The minimum Gasteiger partial charge on any atom is -0.478 e. The molecule has 0 bridgehead atoms. The number of amides is 1. The number of Topliss-reactive ketones (excluding diaryl/α,β-unsaturated/α-hetero) is 1. The summed E-state index contributed by atoms with van der Waals surface area (Å²) in [7, 11) is 0. The molecular formula is C10H13NO6. The third-order valence-electron chi connectivity index (χ3n) is 1.44. The number of esters is 1. The van der Waals surface area contributed by atoms with E-state index in [1.165, 1.54) is 6.92 Å². The molecule has 0 aromatic rings. The van der Waals surface area contributed by atoms with Crippen LogP contribution in [-0.2, 0) is 23.9 Å². The molecule has 0 aliphatic carbocycles. The predicted octanol–water partition coefficient (Wildman–Crippen LogP) is -0.734. The van der Waals surface area contributed by atoms with Crippen LogP contribution < -0.4 is 5.32 Å². The van der Waals surface area contributed by atoms with Gasteiger partial charge in [0.25, 0.3) is 0 Å². The number of hydrogen-bond acceptors (Lipinski definition) is 5. The fourth-order valence-corrected chi connectivity index (χ4v) is 0.818. The van der Waals surface area contributed by atoms with Crippen LogP contribution in [0.3, 0.4) is 0 Å². The van der Waals surface area contributed by atoms with Crippen molar-refractivity contribution in [3.63, 3.8) is 0 Å². The summed E-state index contributed by atoms with van der Waals surface area (Å²) in [6.07, 6.45) is 1.20. The van der Waals surface area contributed by atoms with Gasteiger partial charge in [-0.2, -0.15) is 0 Å².